The molecule has 4 nitrogen and oxygen atoms in total. The molecule has 0 saturated carbocycles. The van der Waals surface area contributed by atoms with E-state index in [0.29, 0.717) is 11.3 Å². The maximum Gasteiger partial charge on any atom is 0.253 e. The van der Waals surface area contributed by atoms with Crippen molar-refractivity contribution in [3.05, 3.63) is 30.0 Å². The number of nitrogen functional groups attached to an aromatic ring is 1. The number of rotatable bonds is 8. The highest BCUT2D eigenvalue weighted by Crippen LogP contribution is 2.20. The monoisotopic (exact) mass is 287 g/mol. The van der Waals surface area contributed by atoms with Gasteiger partial charge in [-0.2, -0.15) is 0 Å². The Morgan fingerprint density at radius 1 is 1.19 bits per heavy atom. The van der Waals surface area contributed by atoms with E-state index in [-0.39, 0.29) is 5.91 Å². The van der Waals surface area contributed by atoms with Gasteiger partial charge in [0.25, 0.3) is 5.91 Å². The van der Waals surface area contributed by atoms with E-state index in [4.69, 9.17) is 5.73 Å². The average molecular weight is 287 g/mol. The minimum atomic E-state index is -0.0143. The van der Waals surface area contributed by atoms with Crippen LogP contribution in [0.25, 0.3) is 10.9 Å². The second-order valence-electron chi connectivity index (χ2n) is 5.53. The van der Waals surface area contributed by atoms with Crippen molar-refractivity contribution in [1.82, 2.24) is 10.3 Å². The number of unbranched alkanes of at least 4 members (excludes halogenated alkanes) is 5. The Hall–Kier alpha value is -1.97. The van der Waals surface area contributed by atoms with Crippen molar-refractivity contribution in [3.63, 3.8) is 0 Å². The lowest BCUT2D eigenvalue weighted by molar-refractivity contribution is 0.0954. The first-order valence-electron chi connectivity index (χ1n) is 7.87. The van der Waals surface area contributed by atoms with Crippen molar-refractivity contribution < 1.29 is 4.79 Å². The summed E-state index contributed by atoms with van der Waals surface area (Å²) in [6, 6.07) is 5.56. The van der Waals surface area contributed by atoms with E-state index in [0.717, 1.165) is 23.9 Å². The van der Waals surface area contributed by atoms with Crippen molar-refractivity contribution in [1.29, 1.82) is 0 Å². The maximum atomic E-state index is 12.2. The van der Waals surface area contributed by atoms with E-state index in [1.165, 1.54) is 32.1 Å². The fourth-order valence-electron chi connectivity index (χ4n) is 2.53. The number of aromatic amines is 1. The van der Waals surface area contributed by atoms with Gasteiger partial charge in [-0.25, -0.2) is 0 Å². The van der Waals surface area contributed by atoms with Gasteiger partial charge in [0.1, 0.15) is 0 Å². The summed E-state index contributed by atoms with van der Waals surface area (Å²) in [6.45, 7) is 2.96. The predicted molar refractivity (Wildman–Crippen MR) is 88.4 cm³/mol. The number of H-pyrrole nitrogens is 1. The topological polar surface area (TPSA) is 70.9 Å². The van der Waals surface area contributed by atoms with Crippen LogP contribution in [-0.4, -0.2) is 17.4 Å². The molecule has 4 N–H and O–H groups in total. The standard InChI is InChI=1S/C17H25N3O/c1-2-3-4-5-6-7-10-19-17(21)15-12-20-16-11-13(18)8-9-14(15)16/h8-9,11-12,20H,2-7,10,18H2,1H3,(H,19,21). The molecule has 114 valence electrons. The number of fused-ring (bicyclic) bond motifs is 1. The second kappa shape index (κ2) is 7.72. The summed E-state index contributed by atoms with van der Waals surface area (Å²) < 4.78 is 0. The lowest BCUT2D eigenvalue weighted by atomic mass is 10.1. The lowest BCUT2D eigenvalue weighted by Crippen LogP contribution is -2.24. The van der Waals surface area contributed by atoms with Gasteiger partial charge in [0.15, 0.2) is 0 Å². The third kappa shape index (κ3) is 4.25. The smallest absolute Gasteiger partial charge is 0.253 e. The van der Waals surface area contributed by atoms with E-state index >= 15 is 0 Å². The number of nitrogens with one attached hydrogen (secondary N) is 2. The SMILES string of the molecule is CCCCCCCCNC(=O)c1c[nH]c2cc(N)ccc12. The molecule has 2 aromatic rings. The summed E-state index contributed by atoms with van der Waals surface area (Å²) in [4.78, 5) is 15.3. The zero-order chi connectivity index (χ0) is 15.1. The van der Waals surface area contributed by atoms with Crippen LogP contribution in [0.5, 0.6) is 0 Å². The number of carbonyl (C=O) groups excluding carboxylic acids is 1. The largest absolute Gasteiger partial charge is 0.399 e. The summed E-state index contributed by atoms with van der Waals surface area (Å²) in [7, 11) is 0. The Bertz CT molecular complexity index is 589. The molecule has 1 aromatic carbocycles. The molecule has 0 bridgehead atoms. The molecule has 1 amide bonds. The van der Waals surface area contributed by atoms with Crippen LogP contribution in [0.4, 0.5) is 5.69 Å². The van der Waals surface area contributed by atoms with Crippen LogP contribution in [0.1, 0.15) is 55.8 Å². The van der Waals surface area contributed by atoms with Crippen LogP contribution in [0.3, 0.4) is 0 Å². The Balaban J connectivity index is 1.80. The van der Waals surface area contributed by atoms with Gasteiger partial charge in [0, 0.05) is 29.3 Å². The first-order chi connectivity index (χ1) is 10.2. The fraction of sp³-hybridized carbons (Fsp3) is 0.471. The minimum absolute atomic E-state index is 0.0143. The van der Waals surface area contributed by atoms with Gasteiger partial charge in [0.05, 0.1) is 5.56 Å². The van der Waals surface area contributed by atoms with Crippen LogP contribution in [0.15, 0.2) is 24.4 Å². The summed E-state index contributed by atoms with van der Waals surface area (Å²) in [5, 5.41) is 3.91. The van der Waals surface area contributed by atoms with Gasteiger partial charge in [-0.1, -0.05) is 39.0 Å². The minimum Gasteiger partial charge on any atom is -0.399 e. The first kappa shape index (κ1) is 15.4. The van der Waals surface area contributed by atoms with Crippen molar-refractivity contribution in [3.8, 4) is 0 Å². The molecule has 0 spiro atoms. The van der Waals surface area contributed by atoms with Gasteiger partial charge in [-0.05, 0) is 24.6 Å². The molecule has 1 aromatic heterocycles. The van der Waals surface area contributed by atoms with Gasteiger partial charge < -0.3 is 16.0 Å². The molecule has 0 radical (unpaired) electrons. The summed E-state index contributed by atoms with van der Waals surface area (Å²) >= 11 is 0. The van der Waals surface area contributed by atoms with Gasteiger partial charge in [-0.3, -0.25) is 4.79 Å². The van der Waals surface area contributed by atoms with Gasteiger partial charge >= 0.3 is 0 Å². The molecular formula is C17H25N3O. The zero-order valence-corrected chi connectivity index (χ0v) is 12.7. The molecule has 2 rings (SSSR count). The number of anilines is 1. The van der Waals surface area contributed by atoms with E-state index < -0.39 is 0 Å². The molecule has 0 atom stereocenters. The van der Waals surface area contributed by atoms with E-state index in [9.17, 15) is 4.79 Å². The normalized spacial score (nSPS) is 10.9. The van der Waals surface area contributed by atoms with Crippen molar-refractivity contribution >= 4 is 22.5 Å². The Morgan fingerprint density at radius 2 is 1.95 bits per heavy atom. The molecule has 0 aliphatic rings. The Morgan fingerprint density at radius 3 is 2.76 bits per heavy atom. The molecule has 0 aliphatic heterocycles. The van der Waals surface area contributed by atoms with Crippen LogP contribution in [0, 0.1) is 0 Å². The van der Waals surface area contributed by atoms with Crippen LogP contribution in [0.2, 0.25) is 0 Å². The third-order valence-electron chi connectivity index (χ3n) is 3.77. The Labute approximate surface area is 126 Å². The number of aromatic nitrogens is 1. The number of hydrogen-bond donors (Lipinski definition) is 3. The molecule has 0 unspecified atom stereocenters. The second-order valence-corrected chi connectivity index (χ2v) is 5.53. The molecule has 1 heterocycles. The van der Waals surface area contributed by atoms with Crippen molar-refractivity contribution in [2.45, 2.75) is 45.4 Å². The maximum absolute atomic E-state index is 12.2. The van der Waals surface area contributed by atoms with Gasteiger partial charge in [-0.15, -0.1) is 0 Å². The summed E-state index contributed by atoms with van der Waals surface area (Å²) in [6.07, 6.45) is 9.12. The molecule has 4 heteroatoms. The number of carbonyl (C=O) groups is 1. The lowest BCUT2D eigenvalue weighted by Gasteiger charge is -2.04. The summed E-state index contributed by atoms with van der Waals surface area (Å²) in [5.74, 6) is -0.0143. The van der Waals surface area contributed by atoms with Crippen LogP contribution >= 0.6 is 0 Å². The van der Waals surface area contributed by atoms with Crippen LogP contribution < -0.4 is 11.1 Å². The van der Waals surface area contributed by atoms with Crippen LogP contribution in [-0.2, 0) is 0 Å². The predicted octanol–water partition coefficient (Wildman–Crippen LogP) is 3.84. The Kier molecular flexibility index (Phi) is 5.67. The third-order valence-corrected chi connectivity index (χ3v) is 3.77. The number of benzene rings is 1. The molecule has 0 fully saturated rings. The molecule has 21 heavy (non-hydrogen) atoms. The number of nitrogens with two attached hydrogens (primary N) is 1. The first-order valence-corrected chi connectivity index (χ1v) is 7.87. The quantitative estimate of drug-likeness (QED) is 0.510. The van der Waals surface area contributed by atoms with Crippen molar-refractivity contribution in [2.24, 2.45) is 0 Å². The van der Waals surface area contributed by atoms with E-state index in [1.807, 2.05) is 18.2 Å². The summed E-state index contributed by atoms with van der Waals surface area (Å²) in [5.41, 5.74) is 8.03. The zero-order valence-electron chi connectivity index (χ0n) is 12.7. The van der Waals surface area contributed by atoms with Gasteiger partial charge in [0.2, 0.25) is 0 Å². The number of amides is 1. The highest BCUT2D eigenvalue weighted by Gasteiger charge is 2.11. The number of hydrogen-bond acceptors (Lipinski definition) is 2. The van der Waals surface area contributed by atoms with E-state index in [1.54, 1.807) is 6.20 Å². The molecule has 0 saturated heterocycles. The molecule has 0 aliphatic carbocycles. The average Bonchev–Trinajstić information content (AvgIpc) is 2.89. The highest BCUT2D eigenvalue weighted by atomic mass is 16.1. The van der Waals surface area contributed by atoms with Crippen molar-refractivity contribution in [2.75, 3.05) is 12.3 Å². The highest BCUT2D eigenvalue weighted by molar-refractivity contribution is 6.07. The van der Waals surface area contributed by atoms with E-state index in [2.05, 4.69) is 17.2 Å². The molecular weight excluding hydrogens is 262 g/mol. The fourth-order valence-corrected chi connectivity index (χ4v) is 2.53.